The van der Waals surface area contributed by atoms with Crippen LogP contribution in [-0.4, -0.2) is 28.0 Å². The summed E-state index contributed by atoms with van der Waals surface area (Å²) in [5, 5.41) is 3.03. The van der Waals surface area contributed by atoms with Crippen molar-refractivity contribution in [1.29, 1.82) is 0 Å². The van der Waals surface area contributed by atoms with E-state index in [9.17, 15) is 9.59 Å². The van der Waals surface area contributed by atoms with Crippen LogP contribution < -0.4 is 5.32 Å². The van der Waals surface area contributed by atoms with E-state index in [2.05, 4.69) is 17.2 Å². The van der Waals surface area contributed by atoms with Gasteiger partial charge in [0.15, 0.2) is 5.82 Å². The first kappa shape index (κ1) is 26.2. The number of rotatable bonds is 13. The Morgan fingerprint density at radius 1 is 0.943 bits per heavy atom. The average molecular weight is 476 g/mol. The molecule has 1 heterocycles. The summed E-state index contributed by atoms with van der Waals surface area (Å²) in [6.45, 7) is 6.32. The maximum absolute atomic E-state index is 13.9. The Kier molecular flexibility index (Phi) is 9.65. The largest absolute Gasteiger partial charge is 0.464 e. The predicted octanol–water partition coefficient (Wildman–Crippen LogP) is 6.29. The lowest BCUT2D eigenvalue weighted by atomic mass is 9.71. The van der Waals surface area contributed by atoms with Crippen molar-refractivity contribution in [2.45, 2.75) is 70.8 Å². The second-order valence-corrected chi connectivity index (χ2v) is 8.77. The van der Waals surface area contributed by atoms with Gasteiger partial charge < -0.3 is 14.6 Å². The molecule has 6 nitrogen and oxygen atoms in total. The zero-order chi connectivity index (χ0) is 25.1. The first-order valence-electron chi connectivity index (χ1n) is 12.7. The van der Waals surface area contributed by atoms with Gasteiger partial charge in [0.25, 0.3) is 0 Å². The second kappa shape index (κ2) is 12.9. The third kappa shape index (κ3) is 6.18. The third-order valence-corrected chi connectivity index (χ3v) is 6.54. The number of nitrogens with one attached hydrogen (secondary N) is 1. The van der Waals surface area contributed by atoms with Gasteiger partial charge in [-0.15, -0.1) is 0 Å². The van der Waals surface area contributed by atoms with Gasteiger partial charge >= 0.3 is 5.97 Å². The number of hydrogen-bond acceptors (Lipinski definition) is 4. The number of imidazole rings is 1. The molecule has 1 unspecified atom stereocenters. The second-order valence-electron chi connectivity index (χ2n) is 8.77. The molecule has 0 aliphatic rings. The quantitative estimate of drug-likeness (QED) is 0.233. The molecule has 0 aliphatic carbocycles. The van der Waals surface area contributed by atoms with Gasteiger partial charge in [-0.1, -0.05) is 100 Å². The van der Waals surface area contributed by atoms with Gasteiger partial charge in [-0.05, 0) is 30.9 Å². The molecule has 0 radical (unpaired) electrons. The molecule has 6 heteroatoms. The van der Waals surface area contributed by atoms with Gasteiger partial charge in [0.1, 0.15) is 6.04 Å². The standard InChI is InChI=1S/C29H37N3O3/c1-4-7-8-15-20-25(27(33)35-6-3)32-21-26(30-22-32)31-28(34)29(5-2,23-16-11-9-12-17-23)24-18-13-10-14-19-24/h9-14,16-19,21-22,25H,4-8,15,20H2,1-3H3,(H,31,34). The molecule has 0 saturated carbocycles. The molecular formula is C29H37N3O3. The van der Waals surface area contributed by atoms with Gasteiger partial charge in [0.2, 0.25) is 5.91 Å². The number of hydrogen-bond donors (Lipinski definition) is 1. The van der Waals surface area contributed by atoms with Crippen LogP contribution in [0.5, 0.6) is 0 Å². The van der Waals surface area contributed by atoms with Crippen LogP contribution in [0.25, 0.3) is 0 Å². The van der Waals surface area contributed by atoms with Crippen molar-refractivity contribution in [3.8, 4) is 0 Å². The summed E-state index contributed by atoms with van der Waals surface area (Å²) in [5.74, 6) is -0.00317. The highest BCUT2D eigenvalue weighted by atomic mass is 16.5. The smallest absolute Gasteiger partial charge is 0.329 e. The Morgan fingerprint density at radius 3 is 2.11 bits per heavy atom. The lowest BCUT2D eigenvalue weighted by Crippen LogP contribution is -2.41. The number of unbranched alkanes of at least 4 members (excludes halogenated alkanes) is 3. The number of aromatic nitrogens is 2. The Labute approximate surface area is 208 Å². The van der Waals surface area contributed by atoms with Gasteiger partial charge in [-0.3, -0.25) is 4.79 Å². The highest BCUT2D eigenvalue weighted by molar-refractivity contribution is 6.01. The molecule has 3 rings (SSSR count). The fourth-order valence-corrected chi connectivity index (χ4v) is 4.63. The van der Waals surface area contributed by atoms with E-state index in [0.29, 0.717) is 25.3 Å². The highest BCUT2D eigenvalue weighted by Crippen LogP contribution is 2.37. The average Bonchev–Trinajstić information content (AvgIpc) is 3.34. The van der Waals surface area contributed by atoms with E-state index in [4.69, 9.17) is 4.74 Å². The lowest BCUT2D eigenvalue weighted by Gasteiger charge is -2.32. The van der Waals surface area contributed by atoms with Crippen LogP contribution in [0.15, 0.2) is 73.2 Å². The Hall–Kier alpha value is -3.41. The van der Waals surface area contributed by atoms with Crippen LogP contribution in [0.3, 0.4) is 0 Å². The molecule has 0 aliphatic heterocycles. The molecule has 2 aromatic carbocycles. The minimum absolute atomic E-state index is 0.154. The summed E-state index contributed by atoms with van der Waals surface area (Å²) >= 11 is 0. The Balaban J connectivity index is 1.87. The van der Waals surface area contributed by atoms with Crippen LogP contribution in [0, 0.1) is 0 Å². The molecule has 1 N–H and O–H groups in total. The van der Waals surface area contributed by atoms with Crippen LogP contribution in [0.1, 0.15) is 76.5 Å². The molecular weight excluding hydrogens is 438 g/mol. The number of carbonyl (C=O) groups is 2. The third-order valence-electron chi connectivity index (χ3n) is 6.54. The molecule has 3 aromatic rings. The number of esters is 1. The summed E-state index contributed by atoms with van der Waals surface area (Å²) in [5.41, 5.74) is 0.976. The first-order valence-corrected chi connectivity index (χ1v) is 12.7. The van der Waals surface area contributed by atoms with Crippen LogP contribution in [0.2, 0.25) is 0 Å². The molecule has 1 atom stereocenters. The zero-order valence-corrected chi connectivity index (χ0v) is 21.1. The number of amides is 1. The molecule has 186 valence electrons. The maximum Gasteiger partial charge on any atom is 0.329 e. The minimum Gasteiger partial charge on any atom is -0.464 e. The van der Waals surface area contributed by atoms with Crippen molar-refractivity contribution in [3.63, 3.8) is 0 Å². The number of carbonyl (C=O) groups excluding carboxylic acids is 2. The molecule has 1 aromatic heterocycles. The number of anilines is 1. The highest BCUT2D eigenvalue weighted by Gasteiger charge is 2.40. The van der Waals surface area contributed by atoms with Crippen LogP contribution in [0.4, 0.5) is 5.82 Å². The summed E-state index contributed by atoms with van der Waals surface area (Å²) < 4.78 is 7.08. The van der Waals surface area contributed by atoms with Crippen LogP contribution >= 0.6 is 0 Å². The Morgan fingerprint density at radius 2 is 1.57 bits per heavy atom. The molecule has 35 heavy (non-hydrogen) atoms. The topological polar surface area (TPSA) is 73.2 Å². The van der Waals surface area contributed by atoms with Crippen molar-refractivity contribution < 1.29 is 14.3 Å². The fraction of sp³-hybridized carbons (Fsp3) is 0.414. The SMILES string of the molecule is CCCCCCC(C(=O)OCC)n1cnc(NC(=O)C(CC)(c2ccccc2)c2ccccc2)c1. The van der Waals surface area contributed by atoms with Crippen molar-refractivity contribution in [2.75, 3.05) is 11.9 Å². The van der Waals surface area contributed by atoms with Gasteiger partial charge in [0, 0.05) is 6.20 Å². The van der Waals surface area contributed by atoms with E-state index in [1.165, 1.54) is 0 Å². The monoisotopic (exact) mass is 475 g/mol. The lowest BCUT2D eigenvalue weighted by molar-refractivity contribution is -0.147. The summed E-state index contributed by atoms with van der Waals surface area (Å²) in [4.78, 5) is 31.0. The van der Waals surface area contributed by atoms with Crippen molar-refractivity contribution in [3.05, 3.63) is 84.3 Å². The summed E-state index contributed by atoms with van der Waals surface area (Å²) in [7, 11) is 0. The normalized spacial score (nSPS) is 12.2. The fourth-order valence-electron chi connectivity index (χ4n) is 4.63. The molecule has 1 amide bonds. The number of ether oxygens (including phenoxy) is 1. The molecule has 0 bridgehead atoms. The van der Waals surface area contributed by atoms with E-state index in [1.54, 1.807) is 17.1 Å². The maximum atomic E-state index is 13.9. The van der Waals surface area contributed by atoms with E-state index < -0.39 is 11.5 Å². The van der Waals surface area contributed by atoms with E-state index in [1.807, 2.05) is 74.5 Å². The molecule has 0 fully saturated rings. The van der Waals surface area contributed by atoms with Gasteiger partial charge in [0.05, 0.1) is 18.3 Å². The van der Waals surface area contributed by atoms with Gasteiger partial charge in [-0.2, -0.15) is 0 Å². The summed E-state index contributed by atoms with van der Waals surface area (Å²) in [6, 6.07) is 19.2. The zero-order valence-electron chi connectivity index (χ0n) is 21.1. The van der Waals surface area contributed by atoms with Crippen LogP contribution in [-0.2, 0) is 19.7 Å². The molecule has 0 saturated heterocycles. The number of nitrogens with zero attached hydrogens (tertiary/aromatic N) is 2. The first-order chi connectivity index (χ1) is 17.1. The minimum atomic E-state index is -0.868. The van der Waals surface area contributed by atoms with E-state index >= 15 is 0 Å². The Bertz CT molecular complexity index is 1020. The van der Waals surface area contributed by atoms with E-state index in [0.717, 1.165) is 36.8 Å². The molecule has 0 spiro atoms. The van der Waals surface area contributed by atoms with Crippen molar-refractivity contribution in [2.24, 2.45) is 0 Å². The van der Waals surface area contributed by atoms with Crippen molar-refractivity contribution >= 4 is 17.7 Å². The van der Waals surface area contributed by atoms with Crippen molar-refractivity contribution in [1.82, 2.24) is 9.55 Å². The predicted molar refractivity (Wildman–Crippen MR) is 139 cm³/mol. The number of benzene rings is 2. The van der Waals surface area contributed by atoms with Gasteiger partial charge in [-0.25, -0.2) is 9.78 Å². The van der Waals surface area contributed by atoms with E-state index in [-0.39, 0.29) is 11.9 Å². The summed E-state index contributed by atoms with van der Waals surface area (Å²) in [6.07, 6.45) is 8.86.